The van der Waals surface area contributed by atoms with Crippen LogP contribution in [0.25, 0.3) is 0 Å². The van der Waals surface area contributed by atoms with Gasteiger partial charge >= 0.3 is 0 Å². The lowest BCUT2D eigenvalue weighted by atomic mass is 10.3. The second-order valence-electron chi connectivity index (χ2n) is 5.75. The Hall–Kier alpha value is -0.910. The first-order valence-corrected chi connectivity index (χ1v) is 9.51. The SMILES string of the molecule is c1cc2c(cc1P(N1CCOCC1)N1CCOCC1)OCCO2. The molecule has 0 spiro atoms. The minimum absolute atomic E-state index is 0.536. The molecule has 0 amide bonds. The number of morpholine rings is 2. The van der Waals surface area contributed by atoms with Crippen molar-refractivity contribution in [3.63, 3.8) is 0 Å². The largest absolute Gasteiger partial charge is 0.486 e. The molecule has 23 heavy (non-hydrogen) atoms. The number of fused-ring (bicyclic) bond motifs is 1. The molecule has 0 saturated carbocycles. The molecular weight excluding hydrogens is 315 g/mol. The molecule has 126 valence electrons. The van der Waals surface area contributed by atoms with Gasteiger partial charge in [0, 0.05) is 31.5 Å². The molecule has 0 N–H and O–H groups in total. The fourth-order valence-electron chi connectivity index (χ4n) is 3.15. The number of nitrogens with zero attached hydrogens (tertiary/aromatic N) is 2. The van der Waals surface area contributed by atoms with Gasteiger partial charge in [0.1, 0.15) is 13.2 Å². The minimum atomic E-state index is -0.536. The Morgan fingerprint density at radius 1 is 0.696 bits per heavy atom. The average Bonchev–Trinajstić information content (AvgIpc) is 2.64. The van der Waals surface area contributed by atoms with Crippen molar-refractivity contribution < 1.29 is 18.9 Å². The van der Waals surface area contributed by atoms with Gasteiger partial charge in [0.05, 0.1) is 34.7 Å². The number of hydrogen-bond acceptors (Lipinski definition) is 6. The van der Waals surface area contributed by atoms with Crippen molar-refractivity contribution in [3.05, 3.63) is 18.2 Å². The van der Waals surface area contributed by atoms with Gasteiger partial charge in [-0.15, -0.1) is 0 Å². The van der Waals surface area contributed by atoms with Crippen LogP contribution in [-0.2, 0) is 9.47 Å². The fraction of sp³-hybridized carbons (Fsp3) is 0.625. The standard InChI is InChI=1S/C16H23N2O4P/c1-2-15-16(22-12-11-21-15)13-14(1)23(17-3-7-19-8-4-17)18-5-9-20-10-6-18/h1-2,13H,3-12H2. The molecule has 0 bridgehead atoms. The molecule has 0 radical (unpaired) electrons. The van der Waals surface area contributed by atoms with E-state index in [-0.39, 0.29) is 0 Å². The molecular formula is C16H23N2O4P. The van der Waals surface area contributed by atoms with Crippen molar-refractivity contribution in [1.82, 2.24) is 9.34 Å². The molecule has 0 aliphatic carbocycles. The van der Waals surface area contributed by atoms with E-state index in [0.29, 0.717) is 13.2 Å². The Labute approximate surface area is 138 Å². The van der Waals surface area contributed by atoms with E-state index in [0.717, 1.165) is 64.1 Å². The monoisotopic (exact) mass is 338 g/mol. The average molecular weight is 338 g/mol. The van der Waals surface area contributed by atoms with Crippen LogP contribution >= 0.6 is 8.22 Å². The fourth-order valence-corrected chi connectivity index (χ4v) is 5.68. The summed E-state index contributed by atoms with van der Waals surface area (Å²) in [7, 11) is -0.536. The Balaban J connectivity index is 1.63. The van der Waals surface area contributed by atoms with Crippen molar-refractivity contribution in [2.75, 3.05) is 65.8 Å². The lowest BCUT2D eigenvalue weighted by Crippen LogP contribution is -2.43. The molecule has 1 aromatic rings. The minimum Gasteiger partial charge on any atom is -0.486 e. The summed E-state index contributed by atoms with van der Waals surface area (Å²) in [6, 6.07) is 6.43. The van der Waals surface area contributed by atoms with E-state index < -0.39 is 8.22 Å². The summed E-state index contributed by atoms with van der Waals surface area (Å²) < 4.78 is 27.7. The lowest BCUT2D eigenvalue weighted by molar-refractivity contribution is 0.0593. The van der Waals surface area contributed by atoms with Gasteiger partial charge in [-0.1, -0.05) is 0 Å². The predicted molar refractivity (Wildman–Crippen MR) is 88.8 cm³/mol. The molecule has 0 atom stereocenters. The Bertz CT molecular complexity index is 515. The highest BCUT2D eigenvalue weighted by atomic mass is 31.1. The maximum atomic E-state index is 5.79. The van der Waals surface area contributed by atoms with Gasteiger partial charge in [0.2, 0.25) is 0 Å². The van der Waals surface area contributed by atoms with E-state index in [4.69, 9.17) is 18.9 Å². The van der Waals surface area contributed by atoms with Gasteiger partial charge in [-0.05, 0) is 18.2 Å². The number of benzene rings is 1. The Morgan fingerprint density at radius 2 is 1.26 bits per heavy atom. The van der Waals surface area contributed by atoms with Crippen LogP contribution in [0.5, 0.6) is 11.5 Å². The van der Waals surface area contributed by atoms with E-state index >= 15 is 0 Å². The molecule has 3 aliphatic heterocycles. The second kappa shape index (κ2) is 7.32. The zero-order valence-electron chi connectivity index (χ0n) is 13.3. The van der Waals surface area contributed by atoms with Crippen molar-refractivity contribution in [2.45, 2.75) is 0 Å². The first-order chi connectivity index (χ1) is 11.4. The molecule has 0 unspecified atom stereocenters. The normalized spacial score (nSPS) is 23.2. The molecule has 3 aliphatic rings. The smallest absolute Gasteiger partial charge is 0.162 e. The van der Waals surface area contributed by atoms with Crippen LogP contribution in [0.4, 0.5) is 0 Å². The highest BCUT2D eigenvalue weighted by molar-refractivity contribution is 7.61. The molecule has 0 aromatic heterocycles. The van der Waals surface area contributed by atoms with Crippen LogP contribution in [0, 0.1) is 0 Å². The third kappa shape index (κ3) is 3.47. The van der Waals surface area contributed by atoms with E-state index in [1.165, 1.54) is 5.30 Å². The van der Waals surface area contributed by atoms with Crippen LogP contribution in [0.15, 0.2) is 18.2 Å². The topological polar surface area (TPSA) is 43.4 Å². The van der Waals surface area contributed by atoms with Crippen molar-refractivity contribution in [3.8, 4) is 11.5 Å². The summed E-state index contributed by atoms with van der Waals surface area (Å²) in [5.41, 5.74) is 0. The molecule has 1 aromatic carbocycles. The van der Waals surface area contributed by atoms with E-state index in [1.807, 2.05) is 0 Å². The molecule has 2 fully saturated rings. The van der Waals surface area contributed by atoms with Crippen LogP contribution in [0.1, 0.15) is 0 Å². The predicted octanol–water partition coefficient (Wildman–Crippen LogP) is 1.06. The summed E-state index contributed by atoms with van der Waals surface area (Å²) in [4.78, 5) is 0. The second-order valence-corrected chi connectivity index (χ2v) is 7.98. The van der Waals surface area contributed by atoms with Crippen LogP contribution in [0.3, 0.4) is 0 Å². The number of rotatable bonds is 3. The third-order valence-corrected chi connectivity index (χ3v) is 6.88. The van der Waals surface area contributed by atoms with Crippen molar-refractivity contribution in [1.29, 1.82) is 0 Å². The molecule has 4 rings (SSSR count). The molecule has 3 heterocycles. The van der Waals surface area contributed by atoms with Crippen LogP contribution in [-0.4, -0.2) is 75.2 Å². The first-order valence-electron chi connectivity index (χ1n) is 8.27. The summed E-state index contributed by atoms with van der Waals surface area (Å²) in [5, 5.41) is 1.33. The van der Waals surface area contributed by atoms with Gasteiger partial charge in [0.25, 0.3) is 0 Å². The maximum absolute atomic E-state index is 5.79. The van der Waals surface area contributed by atoms with Crippen molar-refractivity contribution >= 4 is 13.5 Å². The van der Waals surface area contributed by atoms with Crippen LogP contribution in [0.2, 0.25) is 0 Å². The summed E-state index contributed by atoms with van der Waals surface area (Å²) in [6.07, 6.45) is 0. The van der Waals surface area contributed by atoms with Gasteiger partial charge in [-0.25, -0.2) is 0 Å². The lowest BCUT2D eigenvalue weighted by Gasteiger charge is -2.42. The van der Waals surface area contributed by atoms with Crippen LogP contribution < -0.4 is 14.8 Å². The Kier molecular flexibility index (Phi) is 4.97. The number of hydrogen-bond donors (Lipinski definition) is 0. The first kappa shape index (κ1) is 15.6. The van der Waals surface area contributed by atoms with E-state index in [1.54, 1.807) is 0 Å². The van der Waals surface area contributed by atoms with E-state index in [2.05, 4.69) is 27.5 Å². The maximum Gasteiger partial charge on any atom is 0.162 e. The van der Waals surface area contributed by atoms with Crippen molar-refractivity contribution in [2.24, 2.45) is 0 Å². The quantitative estimate of drug-likeness (QED) is 0.768. The third-order valence-electron chi connectivity index (χ3n) is 4.27. The summed E-state index contributed by atoms with van der Waals surface area (Å²) >= 11 is 0. The number of ether oxygens (including phenoxy) is 4. The molecule has 2 saturated heterocycles. The highest BCUT2D eigenvalue weighted by Crippen LogP contribution is 2.45. The highest BCUT2D eigenvalue weighted by Gasteiger charge is 2.30. The zero-order valence-corrected chi connectivity index (χ0v) is 14.2. The van der Waals surface area contributed by atoms with Gasteiger partial charge in [-0.3, -0.25) is 9.34 Å². The van der Waals surface area contributed by atoms with Gasteiger partial charge < -0.3 is 18.9 Å². The molecule has 6 nitrogen and oxygen atoms in total. The molecule has 7 heteroatoms. The summed E-state index contributed by atoms with van der Waals surface area (Å²) in [5.74, 6) is 1.74. The van der Waals surface area contributed by atoms with E-state index in [9.17, 15) is 0 Å². The summed E-state index contributed by atoms with van der Waals surface area (Å²) in [6.45, 7) is 8.45. The zero-order chi connectivity index (χ0) is 15.5. The van der Waals surface area contributed by atoms with Gasteiger partial charge in [-0.2, -0.15) is 0 Å². The Morgan fingerprint density at radius 3 is 1.87 bits per heavy atom. The van der Waals surface area contributed by atoms with Gasteiger partial charge in [0.15, 0.2) is 11.5 Å².